The van der Waals surface area contributed by atoms with Gasteiger partial charge in [-0.2, -0.15) is 0 Å². The van der Waals surface area contributed by atoms with Gasteiger partial charge in [0.2, 0.25) is 0 Å². The summed E-state index contributed by atoms with van der Waals surface area (Å²) in [5.74, 6) is 0. The van der Waals surface area contributed by atoms with E-state index in [2.05, 4.69) is 28.5 Å². The molecular formula is C14H20N2O2. The zero-order chi connectivity index (χ0) is 12.8. The van der Waals surface area contributed by atoms with Crippen molar-refractivity contribution in [2.75, 3.05) is 25.1 Å². The van der Waals surface area contributed by atoms with Crippen molar-refractivity contribution in [1.29, 1.82) is 0 Å². The highest BCUT2D eigenvalue weighted by Gasteiger charge is 2.07. The van der Waals surface area contributed by atoms with Gasteiger partial charge in [0.1, 0.15) is 0 Å². The van der Waals surface area contributed by atoms with Gasteiger partial charge in [-0.15, -0.1) is 0 Å². The van der Waals surface area contributed by atoms with Crippen LogP contribution in [0, 0.1) is 0 Å². The minimum absolute atomic E-state index is 0.193. The minimum Gasteiger partial charge on any atom is -0.380 e. The molecular weight excluding hydrogens is 228 g/mol. The van der Waals surface area contributed by atoms with Crippen molar-refractivity contribution < 1.29 is 9.47 Å². The lowest BCUT2D eigenvalue weighted by Crippen LogP contribution is -2.26. The van der Waals surface area contributed by atoms with Crippen LogP contribution in [0.3, 0.4) is 0 Å². The van der Waals surface area contributed by atoms with Gasteiger partial charge in [0.15, 0.2) is 6.29 Å². The number of hydrogen-bond donors (Lipinski definition) is 2. The van der Waals surface area contributed by atoms with Crippen LogP contribution in [0.15, 0.2) is 30.5 Å². The fraction of sp³-hybridized carbons (Fsp3) is 0.429. The number of fused-ring (bicyclic) bond motifs is 1. The molecule has 0 saturated heterocycles. The van der Waals surface area contributed by atoms with Gasteiger partial charge in [0.25, 0.3) is 0 Å². The Morgan fingerprint density at radius 2 is 1.94 bits per heavy atom. The summed E-state index contributed by atoms with van der Waals surface area (Å²) in [4.78, 5) is 3.18. The largest absolute Gasteiger partial charge is 0.380 e. The van der Waals surface area contributed by atoms with Crippen molar-refractivity contribution in [3.63, 3.8) is 0 Å². The molecule has 0 amide bonds. The molecule has 4 heteroatoms. The zero-order valence-corrected chi connectivity index (χ0v) is 10.9. The van der Waals surface area contributed by atoms with Crippen molar-refractivity contribution in [3.05, 3.63) is 30.5 Å². The van der Waals surface area contributed by atoms with E-state index in [9.17, 15) is 0 Å². The maximum atomic E-state index is 5.49. The van der Waals surface area contributed by atoms with Crippen molar-refractivity contribution in [2.45, 2.75) is 20.1 Å². The molecule has 0 saturated carbocycles. The van der Waals surface area contributed by atoms with Crippen LogP contribution in [-0.4, -0.2) is 31.0 Å². The first kappa shape index (κ1) is 12.9. The fourth-order valence-electron chi connectivity index (χ4n) is 1.90. The third-order valence-electron chi connectivity index (χ3n) is 2.73. The average molecular weight is 248 g/mol. The topological polar surface area (TPSA) is 46.3 Å². The van der Waals surface area contributed by atoms with Gasteiger partial charge in [-0.3, -0.25) is 0 Å². The highest BCUT2D eigenvalue weighted by molar-refractivity contribution is 5.82. The second-order valence-electron chi connectivity index (χ2n) is 4.00. The summed E-state index contributed by atoms with van der Waals surface area (Å²) in [5, 5.41) is 4.53. The maximum Gasteiger partial charge on any atom is 0.174 e. The molecule has 0 aliphatic heterocycles. The molecule has 0 unspecified atom stereocenters. The first-order chi connectivity index (χ1) is 8.83. The number of rotatable bonds is 7. The van der Waals surface area contributed by atoms with Crippen molar-refractivity contribution in [2.24, 2.45) is 0 Å². The SMILES string of the molecule is CCOC(CNc1ccc2[nH]ccc2c1)OCC. The Morgan fingerprint density at radius 1 is 1.17 bits per heavy atom. The first-order valence-corrected chi connectivity index (χ1v) is 6.37. The van der Waals surface area contributed by atoms with Gasteiger partial charge in [0.05, 0.1) is 6.54 Å². The van der Waals surface area contributed by atoms with Gasteiger partial charge in [-0.05, 0) is 38.1 Å². The molecule has 0 spiro atoms. The third kappa shape index (κ3) is 3.24. The molecule has 98 valence electrons. The normalized spacial score (nSPS) is 11.3. The Bertz CT molecular complexity index is 475. The molecule has 1 aromatic carbocycles. The van der Waals surface area contributed by atoms with Crippen molar-refractivity contribution in [1.82, 2.24) is 4.98 Å². The lowest BCUT2D eigenvalue weighted by atomic mass is 10.2. The molecule has 4 nitrogen and oxygen atoms in total. The lowest BCUT2D eigenvalue weighted by molar-refractivity contribution is -0.126. The number of nitrogens with one attached hydrogen (secondary N) is 2. The monoisotopic (exact) mass is 248 g/mol. The molecule has 0 aliphatic rings. The summed E-state index contributed by atoms with van der Waals surface area (Å²) >= 11 is 0. The van der Waals surface area contributed by atoms with Crippen LogP contribution in [0.2, 0.25) is 0 Å². The van der Waals surface area contributed by atoms with E-state index < -0.39 is 0 Å². The van der Waals surface area contributed by atoms with Crippen LogP contribution in [-0.2, 0) is 9.47 Å². The number of aromatic amines is 1. The van der Waals surface area contributed by atoms with E-state index in [0.29, 0.717) is 19.8 Å². The van der Waals surface area contributed by atoms with Gasteiger partial charge in [-0.25, -0.2) is 0 Å². The highest BCUT2D eigenvalue weighted by Crippen LogP contribution is 2.17. The zero-order valence-electron chi connectivity index (χ0n) is 10.9. The number of hydrogen-bond acceptors (Lipinski definition) is 3. The summed E-state index contributed by atoms with van der Waals surface area (Å²) in [6, 6.07) is 8.28. The van der Waals surface area contributed by atoms with E-state index in [1.807, 2.05) is 26.1 Å². The number of H-pyrrole nitrogens is 1. The summed E-state index contributed by atoms with van der Waals surface area (Å²) < 4.78 is 11.0. The van der Waals surface area contributed by atoms with Crippen LogP contribution >= 0.6 is 0 Å². The van der Waals surface area contributed by atoms with Crippen LogP contribution < -0.4 is 5.32 Å². The summed E-state index contributed by atoms with van der Waals surface area (Å²) in [6.07, 6.45) is 1.75. The number of anilines is 1. The van der Waals surface area contributed by atoms with Crippen molar-refractivity contribution in [3.8, 4) is 0 Å². The van der Waals surface area contributed by atoms with Crippen molar-refractivity contribution >= 4 is 16.6 Å². The Balaban J connectivity index is 1.95. The summed E-state index contributed by atoms with van der Waals surface area (Å²) in [5.41, 5.74) is 2.22. The second-order valence-corrected chi connectivity index (χ2v) is 4.00. The van der Waals surface area contributed by atoms with E-state index in [1.165, 1.54) is 5.39 Å². The van der Waals surface area contributed by atoms with Crippen LogP contribution in [0.4, 0.5) is 5.69 Å². The third-order valence-corrected chi connectivity index (χ3v) is 2.73. The molecule has 1 aromatic heterocycles. The Kier molecular flexibility index (Phi) is 4.61. The van der Waals surface area contributed by atoms with Gasteiger partial charge >= 0.3 is 0 Å². The Hall–Kier alpha value is -1.52. The molecule has 0 aliphatic carbocycles. The van der Waals surface area contributed by atoms with Crippen LogP contribution in [0.5, 0.6) is 0 Å². The molecule has 0 bridgehead atoms. The highest BCUT2D eigenvalue weighted by atomic mass is 16.7. The van der Waals surface area contributed by atoms with E-state index >= 15 is 0 Å². The summed E-state index contributed by atoms with van der Waals surface area (Å²) in [7, 11) is 0. The fourth-order valence-corrected chi connectivity index (χ4v) is 1.90. The number of ether oxygens (including phenoxy) is 2. The van der Waals surface area contributed by atoms with Gasteiger partial charge in [-0.1, -0.05) is 0 Å². The quantitative estimate of drug-likeness (QED) is 0.740. The number of benzene rings is 1. The molecule has 2 aromatic rings. The molecule has 2 N–H and O–H groups in total. The van der Waals surface area contributed by atoms with Gasteiger partial charge < -0.3 is 19.8 Å². The van der Waals surface area contributed by atoms with E-state index in [4.69, 9.17) is 9.47 Å². The molecule has 0 fully saturated rings. The Labute approximate surface area is 107 Å². The van der Waals surface area contributed by atoms with Crippen LogP contribution in [0.25, 0.3) is 10.9 Å². The molecule has 18 heavy (non-hydrogen) atoms. The second kappa shape index (κ2) is 6.42. The molecule has 2 rings (SSSR count). The summed E-state index contributed by atoms with van der Waals surface area (Å²) in [6.45, 7) is 5.90. The Morgan fingerprint density at radius 3 is 2.67 bits per heavy atom. The predicted octanol–water partition coefficient (Wildman–Crippen LogP) is 2.98. The van der Waals surface area contributed by atoms with E-state index in [0.717, 1.165) is 11.2 Å². The lowest BCUT2D eigenvalue weighted by Gasteiger charge is -2.18. The molecule has 0 radical (unpaired) electrons. The van der Waals surface area contributed by atoms with Crippen LogP contribution in [0.1, 0.15) is 13.8 Å². The molecule has 1 heterocycles. The number of aromatic nitrogens is 1. The van der Waals surface area contributed by atoms with Gasteiger partial charge in [0, 0.05) is 36.0 Å². The van der Waals surface area contributed by atoms with E-state index in [-0.39, 0.29) is 6.29 Å². The van der Waals surface area contributed by atoms with E-state index in [1.54, 1.807) is 0 Å². The smallest absolute Gasteiger partial charge is 0.174 e. The average Bonchev–Trinajstić information content (AvgIpc) is 2.84. The minimum atomic E-state index is -0.193. The molecule has 0 atom stereocenters. The maximum absolute atomic E-state index is 5.49. The first-order valence-electron chi connectivity index (χ1n) is 6.37. The predicted molar refractivity (Wildman–Crippen MR) is 73.8 cm³/mol. The standard InChI is InChI=1S/C14H20N2O2/c1-3-17-14(18-4-2)10-16-12-5-6-13-11(9-12)7-8-15-13/h5-9,14-16H,3-4,10H2,1-2H3.